The van der Waals surface area contributed by atoms with Crippen molar-refractivity contribution in [2.75, 3.05) is 0 Å². The van der Waals surface area contributed by atoms with E-state index in [4.69, 9.17) is 0 Å². The number of carbonyl (C=O) groups excluding carboxylic acids is 2. The van der Waals surface area contributed by atoms with Crippen molar-refractivity contribution in [1.29, 1.82) is 0 Å². The van der Waals surface area contributed by atoms with E-state index in [9.17, 15) is 9.59 Å². The minimum Gasteiger partial charge on any atom is -0.289 e. The van der Waals surface area contributed by atoms with E-state index in [0.717, 1.165) is 24.2 Å². The number of para-hydroxylation sites is 1. The van der Waals surface area contributed by atoms with Gasteiger partial charge in [-0.15, -0.1) is 0 Å². The first-order valence-corrected chi connectivity index (χ1v) is 6.22. The summed E-state index contributed by atoms with van der Waals surface area (Å²) in [6.45, 7) is 0. The molecule has 4 rings (SSSR count). The number of ketones is 2. The van der Waals surface area contributed by atoms with E-state index in [1.807, 2.05) is 18.2 Å². The Kier molecular flexibility index (Phi) is 1.93. The number of carbonyl (C=O) groups is 2. The van der Waals surface area contributed by atoms with Crippen LogP contribution in [0.25, 0.3) is 5.69 Å². The number of aromatic nitrogens is 2. The summed E-state index contributed by atoms with van der Waals surface area (Å²) in [5.74, 6) is -0.302. The summed E-state index contributed by atoms with van der Waals surface area (Å²) in [5, 5.41) is 4.36. The van der Waals surface area contributed by atoms with Crippen molar-refractivity contribution < 1.29 is 9.59 Å². The average Bonchev–Trinajstić information content (AvgIpc) is 2.84. The molecular weight excluding hydrogens is 240 g/mol. The van der Waals surface area contributed by atoms with E-state index in [1.54, 1.807) is 4.68 Å². The van der Waals surface area contributed by atoms with E-state index in [2.05, 4.69) is 11.2 Å². The minimum absolute atomic E-state index is 0.116. The summed E-state index contributed by atoms with van der Waals surface area (Å²) in [7, 11) is 0. The van der Waals surface area contributed by atoms with E-state index in [-0.39, 0.29) is 11.6 Å². The van der Waals surface area contributed by atoms with Crippen LogP contribution < -0.4 is 0 Å². The summed E-state index contributed by atoms with van der Waals surface area (Å²) >= 11 is 0. The molecule has 0 atom stereocenters. The zero-order chi connectivity index (χ0) is 13.0. The Bertz CT molecular complexity index is 768. The predicted molar refractivity (Wildman–Crippen MR) is 68.8 cm³/mol. The third-order valence-corrected chi connectivity index (χ3v) is 3.70. The first kappa shape index (κ1) is 10.4. The van der Waals surface area contributed by atoms with Crippen molar-refractivity contribution in [2.24, 2.45) is 0 Å². The molecule has 0 unspecified atom stereocenters. The van der Waals surface area contributed by atoms with Gasteiger partial charge in [-0.05, 0) is 36.6 Å². The van der Waals surface area contributed by atoms with Crippen LogP contribution >= 0.6 is 0 Å². The van der Waals surface area contributed by atoms with Crippen LogP contribution in [0.5, 0.6) is 0 Å². The van der Waals surface area contributed by atoms with Gasteiger partial charge in [-0.2, -0.15) is 5.10 Å². The summed E-state index contributed by atoms with van der Waals surface area (Å²) in [5.41, 5.74) is 3.80. The molecule has 1 aromatic carbocycles. The van der Waals surface area contributed by atoms with E-state index < -0.39 is 0 Å². The monoisotopic (exact) mass is 250 g/mol. The molecule has 0 radical (unpaired) electrons. The lowest BCUT2D eigenvalue weighted by molar-refractivity contribution is 0.0991. The molecule has 0 N–H and O–H groups in total. The number of nitrogens with zero attached hydrogens (tertiary/aromatic N) is 2. The van der Waals surface area contributed by atoms with Crippen LogP contribution in [-0.2, 0) is 12.8 Å². The van der Waals surface area contributed by atoms with Gasteiger partial charge in [-0.25, -0.2) is 4.68 Å². The summed E-state index contributed by atoms with van der Waals surface area (Å²) in [6, 6.07) is 7.96. The first-order chi connectivity index (χ1) is 9.25. The number of hydrogen-bond donors (Lipinski definition) is 0. The lowest BCUT2D eigenvalue weighted by Crippen LogP contribution is -2.15. The zero-order valence-electron chi connectivity index (χ0n) is 10.1. The predicted octanol–water partition coefficient (Wildman–Crippen LogP) is 1.91. The third-order valence-electron chi connectivity index (χ3n) is 3.70. The van der Waals surface area contributed by atoms with E-state index in [0.29, 0.717) is 11.3 Å². The fourth-order valence-corrected chi connectivity index (χ4v) is 2.81. The molecule has 4 heteroatoms. The number of benzene rings is 1. The number of allylic oxidation sites excluding steroid dienone is 2. The molecule has 1 aromatic heterocycles. The molecule has 2 aromatic rings. The minimum atomic E-state index is -0.186. The summed E-state index contributed by atoms with van der Waals surface area (Å²) < 4.78 is 1.76. The van der Waals surface area contributed by atoms with Crippen molar-refractivity contribution >= 4 is 11.6 Å². The lowest BCUT2D eigenvalue weighted by atomic mass is 9.94. The molecule has 1 aliphatic carbocycles. The van der Waals surface area contributed by atoms with Gasteiger partial charge in [0.1, 0.15) is 5.69 Å². The molecule has 2 aliphatic rings. The number of fused-ring (bicyclic) bond motifs is 5. The maximum atomic E-state index is 12.0. The van der Waals surface area contributed by atoms with Crippen LogP contribution in [0.15, 0.2) is 36.4 Å². The Morgan fingerprint density at radius 2 is 1.79 bits per heavy atom. The number of rotatable bonds is 0. The molecule has 0 saturated carbocycles. The van der Waals surface area contributed by atoms with Crippen molar-refractivity contribution in [3.63, 3.8) is 0 Å². The highest BCUT2D eigenvalue weighted by Gasteiger charge is 2.31. The van der Waals surface area contributed by atoms with Crippen LogP contribution in [0.2, 0.25) is 0 Å². The topological polar surface area (TPSA) is 52.0 Å². The largest absolute Gasteiger partial charge is 0.289 e. The maximum absolute atomic E-state index is 12.0. The molecule has 1 aliphatic heterocycles. The molecule has 0 saturated heterocycles. The second-order valence-corrected chi connectivity index (χ2v) is 4.77. The normalized spacial score (nSPS) is 16.0. The Labute approximate surface area is 109 Å². The van der Waals surface area contributed by atoms with Crippen molar-refractivity contribution in [2.45, 2.75) is 12.8 Å². The fourth-order valence-electron chi connectivity index (χ4n) is 2.81. The van der Waals surface area contributed by atoms with Crippen LogP contribution in [-0.4, -0.2) is 21.3 Å². The van der Waals surface area contributed by atoms with Crippen molar-refractivity contribution in [3.05, 3.63) is 58.9 Å². The van der Waals surface area contributed by atoms with E-state index in [1.165, 1.54) is 17.7 Å². The number of hydrogen-bond acceptors (Lipinski definition) is 3. The fraction of sp³-hybridized carbons (Fsp3) is 0.133. The molecule has 0 fully saturated rings. The van der Waals surface area contributed by atoms with Crippen LogP contribution in [0, 0.1) is 0 Å². The summed E-state index contributed by atoms with van der Waals surface area (Å²) in [6.07, 6.45) is 4.26. The van der Waals surface area contributed by atoms with Crippen LogP contribution in [0.3, 0.4) is 0 Å². The van der Waals surface area contributed by atoms with Crippen molar-refractivity contribution in [1.82, 2.24) is 9.78 Å². The quantitative estimate of drug-likeness (QED) is 0.717. The number of aryl methyl sites for hydroxylation is 1. The van der Waals surface area contributed by atoms with Gasteiger partial charge in [0.2, 0.25) is 5.78 Å². The van der Waals surface area contributed by atoms with Gasteiger partial charge < -0.3 is 0 Å². The highest BCUT2D eigenvalue weighted by Crippen LogP contribution is 2.30. The van der Waals surface area contributed by atoms with Gasteiger partial charge >= 0.3 is 0 Å². The molecule has 92 valence electrons. The zero-order valence-corrected chi connectivity index (χ0v) is 10.1. The van der Waals surface area contributed by atoms with Crippen LogP contribution in [0.1, 0.15) is 32.1 Å². The van der Waals surface area contributed by atoms with Gasteiger partial charge in [0.05, 0.1) is 16.9 Å². The lowest BCUT2D eigenvalue weighted by Gasteiger charge is -2.18. The Morgan fingerprint density at radius 3 is 2.68 bits per heavy atom. The van der Waals surface area contributed by atoms with Gasteiger partial charge in [-0.3, -0.25) is 9.59 Å². The Morgan fingerprint density at radius 1 is 1.00 bits per heavy atom. The highest BCUT2D eigenvalue weighted by atomic mass is 16.1. The SMILES string of the molecule is O=C1C=CC(=O)c2c1nn1c2CCc2ccccc2-1. The summed E-state index contributed by atoms with van der Waals surface area (Å²) in [4.78, 5) is 23.8. The third kappa shape index (κ3) is 1.31. The molecular formula is C15H10N2O2. The standard InChI is InChI=1S/C15H10N2O2/c18-12-7-8-13(19)15-14(12)11-6-5-9-3-1-2-4-10(9)17(11)16-15/h1-4,7-8H,5-6H2. The van der Waals surface area contributed by atoms with E-state index >= 15 is 0 Å². The smallest absolute Gasteiger partial charge is 0.206 e. The highest BCUT2D eigenvalue weighted by molar-refractivity contribution is 6.21. The van der Waals surface area contributed by atoms with Gasteiger partial charge in [0.25, 0.3) is 0 Å². The molecule has 0 spiro atoms. The molecule has 19 heavy (non-hydrogen) atoms. The van der Waals surface area contributed by atoms with Gasteiger partial charge in [0, 0.05) is 0 Å². The molecule has 0 bridgehead atoms. The molecule has 2 heterocycles. The second kappa shape index (κ2) is 3.51. The average molecular weight is 250 g/mol. The van der Waals surface area contributed by atoms with Crippen molar-refractivity contribution in [3.8, 4) is 5.69 Å². The van der Waals surface area contributed by atoms with Gasteiger partial charge in [0.15, 0.2) is 5.78 Å². The van der Waals surface area contributed by atoms with Gasteiger partial charge in [-0.1, -0.05) is 18.2 Å². The maximum Gasteiger partial charge on any atom is 0.206 e. The first-order valence-electron chi connectivity index (χ1n) is 6.22. The second-order valence-electron chi connectivity index (χ2n) is 4.77. The Balaban J connectivity index is 2.03. The Hall–Kier alpha value is -2.49. The molecule has 4 nitrogen and oxygen atoms in total. The van der Waals surface area contributed by atoms with Crippen LogP contribution in [0.4, 0.5) is 0 Å². The molecule has 0 amide bonds.